The van der Waals surface area contributed by atoms with Crippen molar-refractivity contribution < 1.29 is 0 Å². The van der Waals surface area contributed by atoms with E-state index >= 15 is 0 Å². The Bertz CT molecular complexity index is 692. The summed E-state index contributed by atoms with van der Waals surface area (Å²) in [5, 5.41) is 6.79. The van der Waals surface area contributed by atoms with Crippen molar-refractivity contribution in [3.05, 3.63) is 78.2 Å². The first-order valence-electron chi connectivity index (χ1n) is 8.52. The summed E-state index contributed by atoms with van der Waals surface area (Å²) < 4.78 is 0. The van der Waals surface area contributed by atoms with E-state index in [1.807, 2.05) is 0 Å². The number of hydrogen-bond donors (Lipinski definition) is 2. The molecule has 2 heteroatoms. The molecule has 0 bridgehead atoms. The van der Waals surface area contributed by atoms with Crippen LogP contribution >= 0.6 is 0 Å². The van der Waals surface area contributed by atoms with Gasteiger partial charge in [-0.15, -0.1) is 0 Å². The van der Waals surface area contributed by atoms with E-state index in [2.05, 4.69) is 75.9 Å². The fourth-order valence-corrected chi connectivity index (χ4v) is 2.73. The highest BCUT2D eigenvalue weighted by Gasteiger charge is 2.20. The molecule has 0 atom stereocenters. The lowest BCUT2D eigenvalue weighted by atomic mass is 9.80. The number of benzene rings is 1. The van der Waals surface area contributed by atoms with Crippen LogP contribution < -0.4 is 10.6 Å². The summed E-state index contributed by atoms with van der Waals surface area (Å²) in [6.45, 7) is 23.6. The summed E-state index contributed by atoms with van der Waals surface area (Å²) >= 11 is 0. The molecule has 0 radical (unpaired) electrons. The number of rotatable bonds is 7. The lowest BCUT2D eigenvalue weighted by Crippen LogP contribution is -2.19. The molecule has 0 saturated carbocycles. The second-order valence-electron chi connectivity index (χ2n) is 7.50. The second-order valence-corrected chi connectivity index (χ2v) is 7.50. The third kappa shape index (κ3) is 4.41. The lowest BCUT2D eigenvalue weighted by Gasteiger charge is -2.27. The van der Waals surface area contributed by atoms with E-state index in [4.69, 9.17) is 0 Å². The predicted molar refractivity (Wildman–Crippen MR) is 106 cm³/mol. The van der Waals surface area contributed by atoms with Crippen molar-refractivity contribution in [3.8, 4) is 0 Å². The largest absolute Gasteiger partial charge is 0.381 e. The minimum atomic E-state index is 0.0395. The molecule has 24 heavy (non-hydrogen) atoms. The zero-order chi connectivity index (χ0) is 17.9. The topological polar surface area (TPSA) is 24.1 Å². The van der Waals surface area contributed by atoms with E-state index in [-0.39, 0.29) is 5.41 Å². The Balaban J connectivity index is 1.94. The van der Waals surface area contributed by atoms with Gasteiger partial charge >= 0.3 is 0 Å². The third-order valence-electron chi connectivity index (χ3n) is 4.93. The van der Waals surface area contributed by atoms with Gasteiger partial charge in [0.2, 0.25) is 0 Å². The van der Waals surface area contributed by atoms with Crippen molar-refractivity contribution in [2.24, 2.45) is 5.41 Å². The van der Waals surface area contributed by atoms with Crippen LogP contribution in [0.5, 0.6) is 0 Å². The Kier molecular flexibility index (Phi) is 5.38. The molecule has 2 nitrogen and oxygen atoms in total. The molecule has 1 aromatic carbocycles. The highest BCUT2D eigenvalue weighted by molar-refractivity contribution is 5.59. The van der Waals surface area contributed by atoms with Crippen LogP contribution in [0.1, 0.15) is 44.7 Å². The van der Waals surface area contributed by atoms with Crippen LogP contribution in [0, 0.1) is 5.41 Å². The van der Waals surface area contributed by atoms with Crippen LogP contribution in [-0.4, -0.2) is 0 Å². The van der Waals surface area contributed by atoms with Gasteiger partial charge in [0.1, 0.15) is 0 Å². The average molecular weight is 322 g/mol. The van der Waals surface area contributed by atoms with Crippen molar-refractivity contribution in [3.63, 3.8) is 0 Å². The van der Waals surface area contributed by atoms with Crippen molar-refractivity contribution in [2.75, 3.05) is 5.32 Å². The summed E-state index contributed by atoms with van der Waals surface area (Å²) in [4.78, 5) is 0. The first-order valence-corrected chi connectivity index (χ1v) is 8.52. The molecule has 0 fully saturated rings. The number of anilines is 1. The van der Waals surface area contributed by atoms with Crippen LogP contribution in [0.2, 0.25) is 0 Å². The molecule has 1 heterocycles. The maximum atomic E-state index is 4.19. The summed E-state index contributed by atoms with van der Waals surface area (Å²) in [5.74, 6) is 0. The van der Waals surface area contributed by atoms with Gasteiger partial charge in [0.25, 0.3) is 0 Å². The van der Waals surface area contributed by atoms with Gasteiger partial charge in [-0.2, -0.15) is 0 Å². The standard InChI is InChI=1S/C22H30N2/c1-15(2)22(6,7)13-16(3)18(5)23-14-19-9-11-20-10-8-17(4)24-21(20)12-19/h9,11-12,23-24H,1,3-5,8,10,13-14H2,2,6-7H3. The fraction of sp³-hybridized carbons (Fsp3) is 0.364. The first-order chi connectivity index (χ1) is 11.2. The van der Waals surface area contributed by atoms with Gasteiger partial charge in [-0.05, 0) is 54.4 Å². The van der Waals surface area contributed by atoms with Crippen LogP contribution in [0.3, 0.4) is 0 Å². The van der Waals surface area contributed by atoms with Gasteiger partial charge in [-0.25, -0.2) is 0 Å². The molecule has 0 unspecified atom stereocenters. The molecular formula is C22H30N2. The Morgan fingerprint density at radius 3 is 2.58 bits per heavy atom. The van der Waals surface area contributed by atoms with Crippen LogP contribution in [0.4, 0.5) is 5.69 Å². The Morgan fingerprint density at radius 2 is 1.92 bits per heavy atom. The maximum Gasteiger partial charge on any atom is 0.0417 e. The Morgan fingerprint density at radius 1 is 1.21 bits per heavy atom. The number of hydrogen-bond acceptors (Lipinski definition) is 2. The van der Waals surface area contributed by atoms with Gasteiger partial charge < -0.3 is 10.6 Å². The third-order valence-corrected chi connectivity index (χ3v) is 4.93. The Labute approximate surface area is 147 Å². The predicted octanol–water partition coefficient (Wildman–Crippen LogP) is 5.71. The zero-order valence-electron chi connectivity index (χ0n) is 15.4. The minimum Gasteiger partial charge on any atom is -0.381 e. The summed E-state index contributed by atoms with van der Waals surface area (Å²) in [6.07, 6.45) is 2.94. The molecule has 0 aromatic heterocycles. The lowest BCUT2D eigenvalue weighted by molar-refractivity contribution is 0.444. The van der Waals surface area contributed by atoms with Gasteiger partial charge in [0.15, 0.2) is 0 Å². The molecule has 0 saturated heterocycles. The van der Waals surface area contributed by atoms with Crippen molar-refractivity contribution >= 4 is 5.69 Å². The Hall–Kier alpha value is -2.22. The van der Waals surface area contributed by atoms with Gasteiger partial charge in [0.05, 0.1) is 0 Å². The van der Waals surface area contributed by atoms with E-state index in [1.165, 1.54) is 16.8 Å². The number of aryl methyl sites for hydroxylation is 1. The minimum absolute atomic E-state index is 0.0395. The van der Waals surface area contributed by atoms with Gasteiger partial charge in [-0.3, -0.25) is 0 Å². The monoisotopic (exact) mass is 322 g/mol. The van der Waals surface area contributed by atoms with E-state index in [0.717, 1.165) is 48.3 Å². The zero-order valence-corrected chi connectivity index (χ0v) is 15.4. The maximum absolute atomic E-state index is 4.19. The van der Waals surface area contributed by atoms with E-state index in [0.29, 0.717) is 0 Å². The SMILES string of the molecule is C=C1CCc2ccc(CNC(=C)C(=C)CC(C)(C)C(=C)C)cc2N1. The fourth-order valence-electron chi connectivity index (χ4n) is 2.73. The molecule has 128 valence electrons. The van der Waals surface area contributed by atoms with Crippen molar-refractivity contribution in [2.45, 2.75) is 46.6 Å². The van der Waals surface area contributed by atoms with Crippen molar-refractivity contribution in [1.29, 1.82) is 0 Å². The summed E-state index contributed by atoms with van der Waals surface area (Å²) in [5.41, 5.74) is 7.99. The van der Waals surface area contributed by atoms with E-state index in [9.17, 15) is 0 Å². The molecule has 2 N–H and O–H groups in total. The molecule has 0 aliphatic carbocycles. The first kappa shape index (κ1) is 18.1. The van der Waals surface area contributed by atoms with Gasteiger partial charge in [-0.1, -0.05) is 57.9 Å². The smallest absolute Gasteiger partial charge is 0.0417 e. The molecule has 1 aliphatic rings. The molecule has 1 aliphatic heterocycles. The molecule has 1 aromatic rings. The quantitative estimate of drug-likeness (QED) is 0.496. The number of fused-ring (bicyclic) bond motifs is 1. The molecular weight excluding hydrogens is 292 g/mol. The summed E-state index contributed by atoms with van der Waals surface area (Å²) in [7, 11) is 0. The van der Waals surface area contributed by atoms with Crippen LogP contribution in [0.25, 0.3) is 0 Å². The molecule has 2 rings (SSSR count). The summed E-state index contributed by atoms with van der Waals surface area (Å²) in [6, 6.07) is 6.57. The van der Waals surface area contributed by atoms with Crippen LogP contribution in [0.15, 0.2) is 67.1 Å². The molecule has 0 amide bonds. The molecule has 0 spiro atoms. The highest BCUT2D eigenvalue weighted by atomic mass is 14.9. The second kappa shape index (κ2) is 7.12. The van der Waals surface area contributed by atoms with Crippen molar-refractivity contribution in [1.82, 2.24) is 5.32 Å². The van der Waals surface area contributed by atoms with Gasteiger partial charge in [0, 0.05) is 23.6 Å². The highest BCUT2D eigenvalue weighted by Crippen LogP contribution is 2.33. The van der Waals surface area contributed by atoms with E-state index in [1.54, 1.807) is 0 Å². The number of nitrogens with one attached hydrogen (secondary N) is 2. The number of allylic oxidation sites excluding steroid dienone is 3. The normalized spacial score (nSPS) is 13.7. The van der Waals surface area contributed by atoms with E-state index < -0.39 is 0 Å². The average Bonchev–Trinajstić information content (AvgIpc) is 2.51. The van der Waals surface area contributed by atoms with Crippen LogP contribution in [-0.2, 0) is 13.0 Å².